The standard InChI is InChI=1S/C18H28FNO/c1-13(2)14-7-5-10-18(20,11-9-14)12-15-6-4-8-16(21-3)17(15)19/h4,6,8,13-14H,5,7,9-12,20H2,1-3H3. The largest absolute Gasteiger partial charge is 0.494 e. The van der Waals surface area contributed by atoms with E-state index in [1.54, 1.807) is 6.07 Å². The highest BCUT2D eigenvalue weighted by molar-refractivity contribution is 5.32. The van der Waals surface area contributed by atoms with Crippen LogP contribution in [-0.4, -0.2) is 12.6 Å². The lowest BCUT2D eigenvalue weighted by molar-refractivity contribution is 0.319. The summed E-state index contributed by atoms with van der Waals surface area (Å²) in [7, 11) is 1.50. The van der Waals surface area contributed by atoms with Crippen molar-refractivity contribution in [2.24, 2.45) is 17.6 Å². The molecule has 1 aliphatic rings. The van der Waals surface area contributed by atoms with Crippen molar-refractivity contribution in [1.82, 2.24) is 0 Å². The molecule has 1 fully saturated rings. The van der Waals surface area contributed by atoms with Crippen molar-refractivity contribution in [2.45, 2.75) is 57.9 Å². The Morgan fingerprint density at radius 1 is 1.33 bits per heavy atom. The molecule has 2 rings (SSSR count). The molecule has 1 aliphatic carbocycles. The fourth-order valence-electron chi connectivity index (χ4n) is 3.53. The van der Waals surface area contributed by atoms with Gasteiger partial charge < -0.3 is 10.5 Å². The molecular formula is C18H28FNO. The summed E-state index contributed by atoms with van der Waals surface area (Å²) in [6, 6.07) is 5.33. The molecule has 2 nitrogen and oxygen atoms in total. The van der Waals surface area contributed by atoms with Gasteiger partial charge in [0.1, 0.15) is 0 Å². The third-order valence-corrected chi connectivity index (χ3v) is 5.01. The number of nitrogens with two attached hydrogens (primary N) is 1. The van der Waals surface area contributed by atoms with Crippen molar-refractivity contribution < 1.29 is 9.13 Å². The smallest absolute Gasteiger partial charge is 0.168 e. The van der Waals surface area contributed by atoms with E-state index in [2.05, 4.69) is 13.8 Å². The Kier molecular flexibility index (Phi) is 5.26. The first-order valence-corrected chi connectivity index (χ1v) is 8.05. The summed E-state index contributed by atoms with van der Waals surface area (Å²) in [5.41, 5.74) is 7.01. The van der Waals surface area contributed by atoms with E-state index in [1.807, 2.05) is 12.1 Å². The molecule has 21 heavy (non-hydrogen) atoms. The quantitative estimate of drug-likeness (QED) is 0.840. The number of methoxy groups -OCH3 is 1. The summed E-state index contributed by atoms with van der Waals surface area (Å²) in [5, 5.41) is 0. The van der Waals surface area contributed by atoms with Crippen LogP contribution in [0.3, 0.4) is 0 Å². The predicted molar refractivity (Wildman–Crippen MR) is 85.0 cm³/mol. The first kappa shape index (κ1) is 16.3. The molecule has 2 N–H and O–H groups in total. The minimum atomic E-state index is -0.281. The van der Waals surface area contributed by atoms with Crippen molar-refractivity contribution >= 4 is 0 Å². The summed E-state index contributed by atoms with van der Waals surface area (Å²) >= 11 is 0. The molecule has 2 unspecified atom stereocenters. The zero-order chi connectivity index (χ0) is 15.5. The molecule has 1 aromatic rings. The van der Waals surface area contributed by atoms with Crippen LogP contribution in [0.5, 0.6) is 5.75 Å². The molecule has 0 heterocycles. The van der Waals surface area contributed by atoms with Crippen molar-refractivity contribution in [3.8, 4) is 5.75 Å². The molecule has 0 saturated heterocycles. The fraction of sp³-hybridized carbons (Fsp3) is 0.667. The normalized spacial score (nSPS) is 26.7. The Morgan fingerprint density at radius 2 is 2.10 bits per heavy atom. The van der Waals surface area contributed by atoms with Crippen LogP contribution in [0.2, 0.25) is 0 Å². The monoisotopic (exact) mass is 293 g/mol. The number of ether oxygens (including phenoxy) is 1. The number of rotatable bonds is 4. The molecule has 0 spiro atoms. The maximum atomic E-state index is 14.3. The summed E-state index contributed by atoms with van der Waals surface area (Å²) in [4.78, 5) is 0. The van der Waals surface area contributed by atoms with E-state index in [1.165, 1.54) is 13.5 Å². The molecule has 0 aliphatic heterocycles. The van der Waals surface area contributed by atoms with Crippen LogP contribution in [0.15, 0.2) is 18.2 Å². The van der Waals surface area contributed by atoms with Crippen LogP contribution in [0.1, 0.15) is 51.5 Å². The topological polar surface area (TPSA) is 35.2 Å². The lowest BCUT2D eigenvalue weighted by Gasteiger charge is -2.29. The molecule has 1 aromatic carbocycles. The second-order valence-electron chi connectivity index (χ2n) is 6.91. The van der Waals surface area contributed by atoms with Gasteiger partial charge in [-0.3, -0.25) is 0 Å². The van der Waals surface area contributed by atoms with E-state index in [0.29, 0.717) is 23.7 Å². The number of hydrogen-bond donors (Lipinski definition) is 1. The van der Waals surface area contributed by atoms with Gasteiger partial charge in [0.15, 0.2) is 11.6 Å². The third kappa shape index (κ3) is 3.97. The molecule has 0 radical (unpaired) electrons. The first-order chi connectivity index (χ1) is 9.95. The van der Waals surface area contributed by atoms with Crippen LogP contribution in [0.25, 0.3) is 0 Å². The Labute approximate surface area is 127 Å². The Balaban J connectivity index is 2.11. The van der Waals surface area contributed by atoms with Crippen LogP contribution < -0.4 is 10.5 Å². The summed E-state index contributed by atoms with van der Waals surface area (Å²) < 4.78 is 19.4. The van der Waals surface area contributed by atoms with Gasteiger partial charge in [-0.05, 0) is 49.1 Å². The van der Waals surface area contributed by atoms with Gasteiger partial charge in [0, 0.05) is 5.54 Å². The van der Waals surface area contributed by atoms with E-state index in [0.717, 1.165) is 31.6 Å². The van der Waals surface area contributed by atoms with Crippen LogP contribution in [0.4, 0.5) is 4.39 Å². The van der Waals surface area contributed by atoms with Gasteiger partial charge in [0.05, 0.1) is 7.11 Å². The van der Waals surface area contributed by atoms with E-state index in [9.17, 15) is 4.39 Å². The van der Waals surface area contributed by atoms with E-state index >= 15 is 0 Å². The van der Waals surface area contributed by atoms with E-state index in [4.69, 9.17) is 10.5 Å². The summed E-state index contributed by atoms with van der Waals surface area (Å²) in [5.74, 6) is 1.52. The van der Waals surface area contributed by atoms with E-state index < -0.39 is 0 Å². The van der Waals surface area contributed by atoms with Crippen LogP contribution in [0, 0.1) is 17.7 Å². The lowest BCUT2D eigenvalue weighted by atomic mass is 9.83. The minimum absolute atomic E-state index is 0.255. The lowest BCUT2D eigenvalue weighted by Crippen LogP contribution is -2.41. The SMILES string of the molecule is COc1cccc(CC2(N)CCCC(C(C)C)CC2)c1F. The average molecular weight is 293 g/mol. The Bertz CT molecular complexity index is 474. The maximum Gasteiger partial charge on any atom is 0.168 e. The van der Waals surface area contributed by atoms with Gasteiger partial charge in [-0.2, -0.15) is 0 Å². The number of halogens is 1. The van der Waals surface area contributed by atoms with Crippen molar-refractivity contribution in [2.75, 3.05) is 7.11 Å². The average Bonchev–Trinajstić information content (AvgIpc) is 2.63. The molecule has 2 atom stereocenters. The Hall–Kier alpha value is -1.09. The molecule has 0 bridgehead atoms. The van der Waals surface area contributed by atoms with Gasteiger partial charge in [0.2, 0.25) is 0 Å². The van der Waals surface area contributed by atoms with Gasteiger partial charge in [-0.1, -0.05) is 38.8 Å². The molecule has 0 aromatic heterocycles. The first-order valence-electron chi connectivity index (χ1n) is 8.05. The van der Waals surface area contributed by atoms with Crippen LogP contribution >= 0.6 is 0 Å². The second-order valence-corrected chi connectivity index (χ2v) is 6.91. The Morgan fingerprint density at radius 3 is 2.76 bits per heavy atom. The molecule has 3 heteroatoms. The van der Waals surface area contributed by atoms with Gasteiger partial charge in [-0.25, -0.2) is 4.39 Å². The highest BCUT2D eigenvalue weighted by Gasteiger charge is 2.31. The van der Waals surface area contributed by atoms with Gasteiger partial charge >= 0.3 is 0 Å². The fourth-order valence-corrected chi connectivity index (χ4v) is 3.53. The molecule has 1 saturated carbocycles. The minimum Gasteiger partial charge on any atom is -0.494 e. The maximum absolute atomic E-state index is 14.3. The van der Waals surface area contributed by atoms with Gasteiger partial charge in [-0.15, -0.1) is 0 Å². The van der Waals surface area contributed by atoms with Crippen molar-refractivity contribution in [3.63, 3.8) is 0 Å². The molecule has 118 valence electrons. The molecule has 0 amide bonds. The molecular weight excluding hydrogens is 265 g/mol. The van der Waals surface area contributed by atoms with Crippen molar-refractivity contribution in [1.29, 1.82) is 0 Å². The predicted octanol–water partition coefficient (Wildman–Crippen LogP) is 4.31. The second kappa shape index (κ2) is 6.78. The number of benzene rings is 1. The van der Waals surface area contributed by atoms with Gasteiger partial charge in [0.25, 0.3) is 0 Å². The summed E-state index contributed by atoms with van der Waals surface area (Å²) in [6.07, 6.45) is 6.10. The highest BCUT2D eigenvalue weighted by Crippen LogP contribution is 2.35. The van der Waals surface area contributed by atoms with Crippen molar-refractivity contribution in [3.05, 3.63) is 29.6 Å². The zero-order valence-electron chi connectivity index (χ0n) is 13.5. The van der Waals surface area contributed by atoms with E-state index in [-0.39, 0.29) is 11.4 Å². The highest BCUT2D eigenvalue weighted by atomic mass is 19.1. The zero-order valence-corrected chi connectivity index (χ0v) is 13.5. The summed E-state index contributed by atoms with van der Waals surface area (Å²) in [6.45, 7) is 4.58. The number of hydrogen-bond acceptors (Lipinski definition) is 2. The van der Waals surface area contributed by atoms with Crippen LogP contribution in [-0.2, 0) is 6.42 Å². The third-order valence-electron chi connectivity index (χ3n) is 5.01.